The number of rotatable bonds is 5. The number of hydrogen-bond acceptors (Lipinski definition) is 6. The number of nitro groups is 2. The largest absolute Gasteiger partial charge is 0.395 e. The number of benzene rings is 1. The van der Waals surface area contributed by atoms with Crippen molar-refractivity contribution in [3.8, 4) is 0 Å². The van der Waals surface area contributed by atoms with Gasteiger partial charge in [-0.05, 0) is 0 Å². The fraction of sp³-hybridized carbons (Fsp3) is 0.250. The molecular weight excluding hydrogens is 298 g/mol. The number of aliphatic hydroxyl groups excluding tert-OH is 1. The molecule has 0 bridgehead atoms. The summed E-state index contributed by atoms with van der Waals surface area (Å²) in [5, 5.41) is 32.6. The van der Waals surface area contributed by atoms with E-state index in [4.69, 9.17) is 5.11 Å². The highest BCUT2D eigenvalue weighted by atomic mass is 79.9. The summed E-state index contributed by atoms with van der Waals surface area (Å²) < 4.78 is 0.241. The minimum absolute atomic E-state index is 0.0106. The monoisotopic (exact) mass is 305 g/mol. The topological polar surface area (TPSA) is 119 Å². The van der Waals surface area contributed by atoms with Gasteiger partial charge >= 0.3 is 11.4 Å². The molecule has 0 heterocycles. The van der Waals surface area contributed by atoms with E-state index in [1.54, 1.807) is 0 Å². The van der Waals surface area contributed by atoms with E-state index in [0.717, 1.165) is 12.1 Å². The van der Waals surface area contributed by atoms with Crippen LogP contribution >= 0.6 is 15.9 Å². The van der Waals surface area contributed by atoms with Gasteiger partial charge in [0.15, 0.2) is 5.69 Å². The van der Waals surface area contributed by atoms with Gasteiger partial charge in [-0.2, -0.15) is 0 Å². The Morgan fingerprint density at radius 2 is 1.71 bits per heavy atom. The average molecular weight is 306 g/mol. The van der Waals surface area contributed by atoms with Crippen LogP contribution in [0.5, 0.6) is 0 Å². The lowest BCUT2D eigenvalue weighted by molar-refractivity contribution is -0.392. The molecule has 0 aliphatic carbocycles. The molecule has 0 atom stereocenters. The Morgan fingerprint density at radius 3 is 2.06 bits per heavy atom. The molecule has 1 rings (SSSR count). The van der Waals surface area contributed by atoms with Gasteiger partial charge in [0.05, 0.1) is 16.5 Å². The highest BCUT2D eigenvalue weighted by Crippen LogP contribution is 2.37. The molecule has 2 N–H and O–H groups in total. The van der Waals surface area contributed by atoms with E-state index in [9.17, 15) is 20.2 Å². The van der Waals surface area contributed by atoms with Crippen molar-refractivity contribution >= 4 is 33.0 Å². The van der Waals surface area contributed by atoms with Gasteiger partial charge in [0.25, 0.3) is 0 Å². The summed E-state index contributed by atoms with van der Waals surface area (Å²) in [5.74, 6) is 0. The van der Waals surface area contributed by atoms with Crippen LogP contribution in [0.3, 0.4) is 0 Å². The maximum atomic E-state index is 10.8. The van der Waals surface area contributed by atoms with Crippen molar-refractivity contribution in [3.05, 3.63) is 36.8 Å². The molecule has 9 heteroatoms. The van der Waals surface area contributed by atoms with Gasteiger partial charge in [-0.1, -0.05) is 15.9 Å². The van der Waals surface area contributed by atoms with Crippen molar-refractivity contribution in [1.82, 2.24) is 0 Å². The van der Waals surface area contributed by atoms with E-state index in [1.807, 2.05) is 0 Å². The number of halogens is 1. The van der Waals surface area contributed by atoms with Crippen LogP contribution in [0.1, 0.15) is 0 Å². The quantitative estimate of drug-likeness (QED) is 0.631. The fourth-order valence-corrected chi connectivity index (χ4v) is 1.66. The predicted octanol–water partition coefficient (Wildman–Crippen LogP) is 1.67. The molecule has 0 saturated heterocycles. The van der Waals surface area contributed by atoms with Crippen LogP contribution in [0, 0.1) is 20.2 Å². The average Bonchev–Trinajstić information content (AvgIpc) is 2.26. The van der Waals surface area contributed by atoms with Crippen LogP contribution in [0.4, 0.5) is 17.1 Å². The summed E-state index contributed by atoms with van der Waals surface area (Å²) in [5.41, 5.74) is -1.05. The van der Waals surface area contributed by atoms with Gasteiger partial charge in [-0.25, -0.2) is 0 Å². The maximum absolute atomic E-state index is 10.8. The van der Waals surface area contributed by atoms with Crippen molar-refractivity contribution < 1.29 is 15.0 Å². The summed E-state index contributed by atoms with van der Waals surface area (Å²) in [7, 11) is 0. The van der Waals surface area contributed by atoms with E-state index >= 15 is 0 Å². The zero-order valence-corrected chi connectivity index (χ0v) is 10.0. The molecule has 1 aromatic rings. The summed E-state index contributed by atoms with van der Waals surface area (Å²) in [4.78, 5) is 20.1. The van der Waals surface area contributed by atoms with Crippen LogP contribution in [-0.2, 0) is 0 Å². The van der Waals surface area contributed by atoms with E-state index in [2.05, 4.69) is 21.2 Å². The molecule has 0 spiro atoms. The zero-order valence-electron chi connectivity index (χ0n) is 8.42. The molecule has 0 amide bonds. The summed E-state index contributed by atoms with van der Waals surface area (Å²) in [6.07, 6.45) is 0. The Hall–Kier alpha value is -1.74. The molecule has 0 unspecified atom stereocenters. The molecule has 0 aliphatic rings. The highest BCUT2D eigenvalue weighted by Gasteiger charge is 2.25. The second-order valence-electron chi connectivity index (χ2n) is 2.98. The minimum Gasteiger partial charge on any atom is -0.395 e. The van der Waals surface area contributed by atoms with Crippen LogP contribution in [-0.4, -0.2) is 28.1 Å². The molecule has 0 aromatic heterocycles. The Labute approximate surface area is 104 Å². The van der Waals surface area contributed by atoms with Crippen molar-refractivity contribution in [2.24, 2.45) is 0 Å². The number of nitrogens with one attached hydrogen (secondary N) is 1. The van der Waals surface area contributed by atoms with Gasteiger partial charge in [0.1, 0.15) is 0 Å². The van der Waals surface area contributed by atoms with Crippen LogP contribution in [0.2, 0.25) is 0 Å². The lowest BCUT2D eigenvalue weighted by atomic mass is 10.2. The Bertz CT molecular complexity index is 429. The molecule has 0 fully saturated rings. The van der Waals surface area contributed by atoms with Crippen molar-refractivity contribution in [2.75, 3.05) is 18.5 Å². The number of anilines is 1. The highest BCUT2D eigenvalue weighted by molar-refractivity contribution is 9.10. The van der Waals surface area contributed by atoms with Crippen LogP contribution in [0.25, 0.3) is 0 Å². The van der Waals surface area contributed by atoms with Gasteiger partial charge in [0.2, 0.25) is 0 Å². The number of aliphatic hydroxyl groups is 1. The predicted molar refractivity (Wildman–Crippen MR) is 63.0 cm³/mol. The summed E-state index contributed by atoms with van der Waals surface area (Å²) in [6.45, 7) is -0.298. The first-order valence-electron chi connectivity index (χ1n) is 4.44. The van der Waals surface area contributed by atoms with Gasteiger partial charge in [-0.15, -0.1) is 0 Å². The molecule has 0 saturated carbocycles. The SMILES string of the molecule is O=[N+]([O-])c1cc(Br)cc([N+](=O)[O-])c1NCCO. The van der Waals surface area contributed by atoms with Crippen LogP contribution in [0.15, 0.2) is 16.6 Å². The second-order valence-corrected chi connectivity index (χ2v) is 3.90. The van der Waals surface area contributed by atoms with Gasteiger partial charge in [-0.3, -0.25) is 20.2 Å². The standard InChI is InChI=1S/C8H8BrN3O5/c9-5-3-6(11(14)15)8(10-1-2-13)7(4-5)12(16)17/h3-4,10,13H,1-2H2. The van der Waals surface area contributed by atoms with Gasteiger partial charge < -0.3 is 10.4 Å². The lowest BCUT2D eigenvalue weighted by Gasteiger charge is -2.06. The van der Waals surface area contributed by atoms with Crippen molar-refractivity contribution in [1.29, 1.82) is 0 Å². The molecule has 17 heavy (non-hydrogen) atoms. The third-order valence-corrected chi connectivity index (χ3v) is 2.33. The maximum Gasteiger partial charge on any atom is 0.300 e. The van der Waals surface area contributed by atoms with Crippen LogP contribution < -0.4 is 5.32 Å². The zero-order chi connectivity index (χ0) is 13.0. The number of nitro benzene ring substituents is 2. The van der Waals surface area contributed by atoms with Crippen molar-refractivity contribution in [3.63, 3.8) is 0 Å². The first-order chi connectivity index (χ1) is 7.97. The first kappa shape index (κ1) is 13.3. The normalized spacial score (nSPS) is 10.0. The third-order valence-electron chi connectivity index (χ3n) is 1.87. The number of hydrogen-bond donors (Lipinski definition) is 2. The molecule has 8 nitrogen and oxygen atoms in total. The molecule has 0 aliphatic heterocycles. The summed E-state index contributed by atoms with van der Waals surface area (Å²) in [6, 6.07) is 2.32. The van der Waals surface area contributed by atoms with Gasteiger partial charge in [0, 0.05) is 23.2 Å². The Kier molecular flexibility index (Phi) is 4.35. The van der Waals surface area contributed by atoms with E-state index in [0.29, 0.717) is 0 Å². The third kappa shape index (κ3) is 3.11. The first-order valence-corrected chi connectivity index (χ1v) is 5.23. The molecule has 0 radical (unpaired) electrons. The smallest absolute Gasteiger partial charge is 0.300 e. The molecule has 92 valence electrons. The Balaban J connectivity index is 3.36. The van der Waals surface area contributed by atoms with E-state index in [-0.39, 0.29) is 23.3 Å². The van der Waals surface area contributed by atoms with E-state index in [1.165, 1.54) is 0 Å². The second kappa shape index (κ2) is 5.55. The minimum atomic E-state index is -0.725. The Morgan fingerprint density at radius 1 is 1.24 bits per heavy atom. The van der Waals surface area contributed by atoms with Crippen molar-refractivity contribution in [2.45, 2.75) is 0 Å². The fourth-order valence-electron chi connectivity index (χ4n) is 1.23. The summed E-state index contributed by atoms with van der Waals surface area (Å²) >= 11 is 2.97. The van der Waals surface area contributed by atoms with E-state index < -0.39 is 21.2 Å². The molecule has 1 aromatic carbocycles. The molecular formula is C8H8BrN3O5. The lowest BCUT2D eigenvalue weighted by Crippen LogP contribution is -2.09. The number of nitrogens with zero attached hydrogens (tertiary/aromatic N) is 2.